The molecule has 0 unspecified atom stereocenters. The average Bonchev–Trinajstić information content (AvgIpc) is 2.67. The highest BCUT2D eigenvalue weighted by Gasteiger charge is 2.54. The first-order chi connectivity index (χ1) is 9.51. The topological polar surface area (TPSA) is 106 Å². The van der Waals surface area contributed by atoms with Gasteiger partial charge < -0.3 is 19.8 Å². The Morgan fingerprint density at radius 3 is 2.43 bits per heavy atom. The molecule has 2 atom stereocenters. The van der Waals surface area contributed by atoms with Crippen LogP contribution in [0, 0.1) is 5.92 Å². The number of carboxylic acids is 1. The maximum Gasteiger partial charge on any atom is 0.347 e. The Hall–Kier alpha value is -1.00. The van der Waals surface area contributed by atoms with Crippen LogP contribution in [0.25, 0.3) is 0 Å². The Kier molecular flexibility index (Phi) is 5.51. The molecule has 1 fully saturated rings. The number of hydrogen-bond donors (Lipinski definition) is 1. The van der Waals surface area contributed by atoms with Crippen molar-refractivity contribution in [2.75, 3.05) is 0 Å². The van der Waals surface area contributed by atoms with Gasteiger partial charge in [0.15, 0.2) is 5.16 Å². The minimum Gasteiger partial charge on any atom is -0.687 e. The van der Waals surface area contributed by atoms with E-state index in [-0.39, 0.29) is 12.8 Å². The lowest BCUT2D eigenvalue weighted by atomic mass is 9.91. The molecule has 1 N–H and O–H groups in total. The van der Waals surface area contributed by atoms with Crippen molar-refractivity contribution in [2.24, 2.45) is 5.92 Å². The van der Waals surface area contributed by atoms with E-state index in [1.807, 2.05) is 19.9 Å². The summed E-state index contributed by atoms with van der Waals surface area (Å²) in [5, 5.41) is 6.94. The molecule has 0 aromatic rings. The van der Waals surface area contributed by atoms with Gasteiger partial charge >= 0.3 is 5.97 Å². The standard InChI is InChI=1S/C15H23O5P/c1-10(2)6-5-7-11(3)13-9-15(14(16)17,8-12(13)4)21(18,19)20/h6,13H,3-5,7-9H2,1-2H3,(H,16,17)(H2,18,19,20)/p-2/t13-,15-/m0/s1. The minimum atomic E-state index is -5.27. The Morgan fingerprint density at radius 1 is 1.48 bits per heavy atom. The van der Waals surface area contributed by atoms with Crippen molar-refractivity contribution in [1.82, 2.24) is 0 Å². The molecule has 1 rings (SSSR count). The van der Waals surface area contributed by atoms with Crippen LogP contribution in [0.5, 0.6) is 0 Å². The van der Waals surface area contributed by atoms with Crippen LogP contribution in [0.15, 0.2) is 36.0 Å². The van der Waals surface area contributed by atoms with Crippen molar-refractivity contribution in [3.8, 4) is 0 Å². The molecular formula is C15H21O5P-2. The van der Waals surface area contributed by atoms with E-state index in [1.54, 1.807) is 0 Å². The summed E-state index contributed by atoms with van der Waals surface area (Å²) in [6.07, 6.45) is 2.82. The molecule has 0 aromatic heterocycles. The van der Waals surface area contributed by atoms with Crippen LogP contribution in [0.1, 0.15) is 39.5 Å². The van der Waals surface area contributed by atoms with Gasteiger partial charge in [0.05, 0.1) is 0 Å². The number of aliphatic carboxylic acids is 1. The summed E-state index contributed by atoms with van der Waals surface area (Å²) < 4.78 is 0. The van der Waals surface area contributed by atoms with Crippen molar-refractivity contribution < 1.29 is 24.6 Å². The van der Waals surface area contributed by atoms with E-state index in [2.05, 4.69) is 13.2 Å². The van der Waals surface area contributed by atoms with Crippen LogP contribution < -0.4 is 14.7 Å². The summed E-state index contributed by atoms with van der Waals surface area (Å²) in [5.41, 5.74) is 2.36. The van der Waals surface area contributed by atoms with E-state index in [9.17, 15) is 24.6 Å². The zero-order valence-electron chi connectivity index (χ0n) is 12.4. The van der Waals surface area contributed by atoms with E-state index >= 15 is 0 Å². The number of carboxylic acid groups (broad SMARTS) is 1. The molecule has 0 aromatic carbocycles. The van der Waals surface area contributed by atoms with Crippen molar-refractivity contribution >= 4 is 13.9 Å². The number of carbonyl (C=O) groups is 1. The second kappa shape index (κ2) is 6.41. The highest BCUT2D eigenvalue weighted by molar-refractivity contribution is 7.57. The summed E-state index contributed by atoms with van der Waals surface area (Å²) >= 11 is 0. The Labute approximate surface area is 125 Å². The first-order valence-electron chi connectivity index (χ1n) is 6.75. The maximum absolute atomic E-state index is 11.4. The van der Waals surface area contributed by atoms with Crippen molar-refractivity contribution in [3.63, 3.8) is 0 Å². The van der Waals surface area contributed by atoms with Crippen LogP contribution in [-0.2, 0) is 4.79 Å². The molecule has 0 radical (unpaired) electrons. The third kappa shape index (κ3) is 3.80. The molecule has 0 spiro atoms. The second-order valence-electron chi connectivity index (χ2n) is 5.90. The minimum absolute atomic E-state index is 0.251. The van der Waals surface area contributed by atoms with Gasteiger partial charge in [-0.1, -0.05) is 36.0 Å². The van der Waals surface area contributed by atoms with Crippen LogP contribution >= 0.6 is 7.94 Å². The lowest BCUT2D eigenvalue weighted by molar-refractivity contribution is -0.433. The maximum atomic E-state index is 11.4. The molecule has 0 aliphatic heterocycles. The first-order valence-corrected chi connectivity index (χ1v) is 8.30. The average molecular weight is 312 g/mol. The van der Waals surface area contributed by atoms with Gasteiger partial charge in [-0.2, -0.15) is 0 Å². The fourth-order valence-electron chi connectivity index (χ4n) is 2.70. The molecule has 0 bridgehead atoms. The van der Waals surface area contributed by atoms with Gasteiger partial charge in [0, 0.05) is 18.8 Å². The van der Waals surface area contributed by atoms with Crippen molar-refractivity contribution in [2.45, 2.75) is 44.7 Å². The lowest BCUT2D eigenvalue weighted by Crippen LogP contribution is -2.53. The van der Waals surface area contributed by atoms with Gasteiger partial charge in [-0.05, 0) is 26.7 Å². The van der Waals surface area contributed by atoms with E-state index in [1.165, 1.54) is 0 Å². The SMILES string of the molecule is C=C(CCC=C(C)C)[C@@H]1C[C@@](C(=O)O)([P+]([O-])([O-])[O-])CC1=C. The van der Waals surface area contributed by atoms with Gasteiger partial charge in [-0.25, -0.2) is 4.79 Å². The third-order valence-corrected chi connectivity index (χ3v) is 5.57. The molecule has 5 nitrogen and oxygen atoms in total. The highest BCUT2D eigenvalue weighted by Crippen LogP contribution is 2.60. The van der Waals surface area contributed by atoms with Crippen LogP contribution in [-0.4, -0.2) is 16.2 Å². The molecule has 118 valence electrons. The van der Waals surface area contributed by atoms with Gasteiger partial charge in [0.25, 0.3) is 0 Å². The third-order valence-electron chi connectivity index (χ3n) is 3.99. The smallest absolute Gasteiger partial charge is 0.347 e. The van der Waals surface area contributed by atoms with Gasteiger partial charge in [-0.15, -0.1) is 7.94 Å². The Morgan fingerprint density at radius 2 is 2.05 bits per heavy atom. The molecule has 1 aliphatic carbocycles. The summed E-state index contributed by atoms with van der Waals surface area (Å²) in [7, 11) is -5.27. The Bertz CT molecular complexity index is 485. The summed E-state index contributed by atoms with van der Waals surface area (Å²) in [6, 6.07) is 0. The van der Waals surface area contributed by atoms with E-state index < -0.39 is 25.0 Å². The monoisotopic (exact) mass is 312 g/mol. The Balaban J connectivity index is 2.89. The van der Waals surface area contributed by atoms with E-state index in [0.717, 1.165) is 17.6 Å². The molecule has 0 saturated heterocycles. The van der Waals surface area contributed by atoms with Crippen LogP contribution in [0.3, 0.4) is 0 Å². The molecule has 0 amide bonds. The van der Waals surface area contributed by atoms with Gasteiger partial charge in [-0.3, -0.25) is 0 Å². The van der Waals surface area contributed by atoms with Crippen molar-refractivity contribution in [3.05, 3.63) is 36.0 Å². The summed E-state index contributed by atoms with van der Waals surface area (Å²) in [6.45, 7) is 11.6. The second-order valence-corrected chi connectivity index (χ2v) is 7.76. The predicted octanol–water partition coefficient (Wildman–Crippen LogP) is 0.922. The van der Waals surface area contributed by atoms with Gasteiger partial charge in [0.2, 0.25) is 0 Å². The zero-order chi connectivity index (χ0) is 16.4. The van der Waals surface area contributed by atoms with Crippen molar-refractivity contribution in [1.29, 1.82) is 0 Å². The molecule has 21 heavy (non-hydrogen) atoms. The van der Waals surface area contributed by atoms with Crippen LogP contribution in [0.2, 0.25) is 0 Å². The van der Waals surface area contributed by atoms with Crippen LogP contribution in [0.4, 0.5) is 0 Å². The quantitative estimate of drug-likeness (QED) is 0.580. The molecule has 6 heteroatoms. The van der Waals surface area contributed by atoms with Gasteiger partial charge in [0.1, 0.15) is 0 Å². The number of allylic oxidation sites excluding steroid dienone is 4. The predicted molar refractivity (Wildman–Crippen MR) is 77.0 cm³/mol. The highest BCUT2D eigenvalue weighted by atomic mass is 31.2. The summed E-state index contributed by atoms with van der Waals surface area (Å²) in [4.78, 5) is 45.6. The first kappa shape index (κ1) is 18.1. The zero-order valence-corrected chi connectivity index (χ0v) is 13.3. The molecule has 1 aliphatic rings. The largest absolute Gasteiger partial charge is 0.687 e. The fourth-order valence-corrected chi connectivity index (χ4v) is 3.73. The fraction of sp³-hybridized carbons (Fsp3) is 0.533. The normalized spacial score (nSPS) is 25.8. The number of rotatable bonds is 6. The summed E-state index contributed by atoms with van der Waals surface area (Å²) in [5.74, 6) is -2.01. The molecule has 1 saturated carbocycles. The lowest BCUT2D eigenvalue weighted by Gasteiger charge is -2.53. The molecule has 0 heterocycles. The van der Waals surface area contributed by atoms with E-state index in [4.69, 9.17) is 0 Å². The molecular weight excluding hydrogens is 291 g/mol. The van der Waals surface area contributed by atoms with E-state index in [0.29, 0.717) is 12.0 Å². The number of hydrogen-bond acceptors (Lipinski definition) is 4.